The maximum atomic E-state index is 11.2. The predicted molar refractivity (Wildman–Crippen MR) is 69.8 cm³/mol. The van der Waals surface area contributed by atoms with Gasteiger partial charge in [-0.2, -0.15) is 0 Å². The van der Waals surface area contributed by atoms with Crippen LogP contribution in [0.5, 0.6) is 0 Å². The maximum Gasteiger partial charge on any atom is 0.336 e. The molecule has 18 heavy (non-hydrogen) atoms. The molecule has 0 saturated carbocycles. The van der Waals surface area contributed by atoms with E-state index in [0.29, 0.717) is 5.56 Å². The Labute approximate surface area is 107 Å². The van der Waals surface area contributed by atoms with Gasteiger partial charge in [-0.25, -0.2) is 4.79 Å². The molecule has 0 spiro atoms. The highest BCUT2D eigenvalue weighted by atomic mass is 32.1. The summed E-state index contributed by atoms with van der Waals surface area (Å²) < 4.78 is 4.86. The van der Waals surface area contributed by atoms with Crippen molar-refractivity contribution in [2.75, 3.05) is 0 Å². The van der Waals surface area contributed by atoms with Gasteiger partial charge in [0.2, 0.25) is 0 Å². The molecule has 0 bridgehead atoms. The number of hydrogen-bond donors (Lipinski definition) is 1. The van der Waals surface area contributed by atoms with Gasteiger partial charge >= 0.3 is 5.97 Å². The van der Waals surface area contributed by atoms with Gasteiger partial charge in [0.05, 0.1) is 10.3 Å². The van der Waals surface area contributed by atoms with Crippen molar-refractivity contribution in [3.63, 3.8) is 0 Å². The molecule has 0 atom stereocenters. The van der Waals surface area contributed by atoms with Gasteiger partial charge in [0.15, 0.2) is 0 Å². The summed E-state index contributed by atoms with van der Waals surface area (Å²) in [6, 6.07) is 12.6. The number of carbonyl (C=O) groups is 1. The van der Waals surface area contributed by atoms with Crippen LogP contribution in [0.1, 0.15) is 10.4 Å². The molecule has 0 aliphatic heterocycles. The summed E-state index contributed by atoms with van der Waals surface area (Å²) in [4.78, 5) is 11.2. The number of benzene rings is 2. The van der Waals surface area contributed by atoms with Crippen LogP contribution in [-0.2, 0) is 0 Å². The van der Waals surface area contributed by atoms with Crippen LogP contribution in [0.4, 0.5) is 0 Å². The second-order valence-electron chi connectivity index (χ2n) is 3.78. The Kier molecular flexibility index (Phi) is 2.53. The minimum Gasteiger partial charge on any atom is -0.478 e. The van der Waals surface area contributed by atoms with E-state index < -0.39 is 5.97 Å². The summed E-state index contributed by atoms with van der Waals surface area (Å²) in [6.07, 6.45) is 0. The summed E-state index contributed by atoms with van der Waals surface area (Å²) in [5, 5.41) is 13.3. The summed E-state index contributed by atoms with van der Waals surface area (Å²) in [5.41, 5.74) is 2.50. The zero-order chi connectivity index (χ0) is 12.5. The van der Waals surface area contributed by atoms with E-state index in [1.54, 1.807) is 18.2 Å². The highest BCUT2D eigenvalue weighted by Gasteiger charge is 2.14. The molecule has 0 aliphatic carbocycles. The quantitative estimate of drug-likeness (QED) is 0.765. The van der Waals surface area contributed by atoms with E-state index in [1.165, 1.54) is 11.5 Å². The molecule has 0 fully saturated rings. The molecule has 5 heteroatoms. The number of fused-ring (bicyclic) bond motifs is 1. The molecule has 2 aromatic carbocycles. The Balaban J connectivity index is 2.33. The first-order valence-corrected chi connectivity index (χ1v) is 6.08. The average molecular weight is 256 g/mol. The number of carboxylic acids is 1. The van der Waals surface area contributed by atoms with Gasteiger partial charge in [-0.3, -0.25) is 0 Å². The smallest absolute Gasteiger partial charge is 0.336 e. The second-order valence-corrected chi connectivity index (χ2v) is 4.56. The average Bonchev–Trinajstić information content (AvgIpc) is 2.86. The van der Waals surface area contributed by atoms with E-state index in [4.69, 9.17) is 0 Å². The lowest BCUT2D eigenvalue weighted by Crippen LogP contribution is -1.99. The minimum atomic E-state index is -0.939. The fourth-order valence-corrected chi connectivity index (χ4v) is 2.51. The molecule has 1 N–H and O–H groups in total. The molecule has 3 rings (SSSR count). The van der Waals surface area contributed by atoms with E-state index in [1.807, 2.05) is 24.3 Å². The predicted octanol–water partition coefficient (Wildman–Crippen LogP) is 3.06. The van der Waals surface area contributed by atoms with Gasteiger partial charge in [-0.1, -0.05) is 34.8 Å². The summed E-state index contributed by atoms with van der Waals surface area (Å²) in [6.45, 7) is 0. The van der Waals surface area contributed by atoms with E-state index in [9.17, 15) is 9.90 Å². The fraction of sp³-hybridized carbons (Fsp3) is 0. The molecule has 0 aliphatic rings. The lowest BCUT2D eigenvalue weighted by Gasteiger charge is -2.06. The number of nitrogens with zero attached hydrogens (tertiary/aromatic N) is 2. The summed E-state index contributed by atoms with van der Waals surface area (Å²) in [5.74, 6) is -0.939. The number of rotatable bonds is 2. The Morgan fingerprint density at radius 2 is 1.83 bits per heavy atom. The monoisotopic (exact) mass is 256 g/mol. The molecule has 88 valence electrons. The van der Waals surface area contributed by atoms with Gasteiger partial charge in [0.1, 0.15) is 5.52 Å². The molecule has 0 radical (unpaired) electrons. The van der Waals surface area contributed by atoms with Crippen molar-refractivity contribution < 1.29 is 9.90 Å². The first-order chi connectivity index (χ1) is 8.77. The van der Waals surface area contributed by atoms with Crippen LogP contribution in [0, 0.1) is 0 Å². The van der Waals surface area contributed by atoms with E-state index in [2.05, 4.69) is 9.59 Å². The molecule has 4 nitrogen and oxygen atoms in total. The maximum absolute atomic E-state index is 11.2. The van der Waals surface area contributed by atoms with Gasteiger partial charge < -0.3 is 5.11 Å². The van der Waals surface area contributed by atoms with Gasteiger partial charge in [0, 0.05) is 5.56 Å². The SMILES string of the molecule is O=C(O)c1ccccc1-c1cccc2snnc12. The lowest BCUT2D eigenvalue weighted by molar-refractivity contribution is 0.0698. The van der Waals surface area contributed by atoms with Crippen LogP contribution in [0.3, 0.4) is 0 Å². The van der Waals surface area contributed by atoms with E-state index in [-0.39, 0.29) is 5.56 Å². The Morgan fingerprint density at radius 1 is 1.06 bits per heavy atom. The van der Waals surface area contributed by atoms with Crippen molar-refractivity contribution in [1.29, 1.82) is 0 Å². The van der Waals surface area contributed by atoms with Gasteiger partial charge in [-0.05, 0) is 29.2 Å². The number of carboxylic acid groups (broad SMARTS) is 1. The molecule has 0 unspecified atom stereocenters. The van der Waals surface area contributed by atoms with Gasteiger partial charge in [-0.15, -0.1) is 5.10 Å². The molecule has 1 aromatic heterocycles. The van der Waals surface area contributed by atoms with E-state index >= 15 is 0 Å². The van der Waals surface area contributed by atoms with Crippen LogP contribution >= 0.6 is 11.5 Å². The third kappa shape index (κ3) is 1.65. The molecule has 1 heterocycles. The lowest BCUT2D eigenvalue weighted by atomic mass is 9.99. The zero-order valence-corrected chi connectivity index (χ0v) is 10.0. The van der Waals surface area contributed by atoms with Crippen LogP contribution in [0.25, 0.3) is 21.3 Å². The molecule has 0 amide bonds. The molecular weight excluding hydrogens is 248 g/mol. The molecule has 0 saturated heterocycles. The third-order valence-corrected chi connectivity index (χ3v) is 3.42. The molecular formula is C13H8N2O2S. The highest BCUT2D eigenvalue weighted by molar-refractivity contribution is 7.13. The Hall–Kier alpha value is -2.27. The first-order valence-electron chi connectivity index (χ1n) is 5.31. The van der Waals surface area contributed by atoms with E-state index in [0.717, 1.165) is 15.8 Å². The minimum absolute atomic E-state index is 0.276. The van der Waals surface area contributed by atoms with Crippen molar-refractivity contribution in [2.45, 2.75) is 0 Å². The Morgan fingerprint density at radius 3 is 2.67 bits per heavy atom. The van der Waals surface area contributed by atoms with Crippen LogP contribution in [0.2, 0.25) is 0 Å². The van der Waals surface area contributed by atoms with Crippen molar-refractivity contribution in [2.24, 2.45) is 0 Å². The zero-order valence-electron chi connectivity index (χ0n) is 9.20. The normalized spacial score (nSPS) is 10.7. The standard InChI is InChI=1S/C13H8N2O2S/c16-13(17)10-5-2-1-4-8(10)9-6-3-7-11-12(9)14-15-18-11/h1-7H,(H,16,17). The summed E-state index contributed by atoms with van der Waals surface area (Å²) >= 11 is 1.30. The largest absolute Gasteiger partial charge is 0.478 e. The fourth-order valence-electron chi connectivity index (χ4n) is 1.93. The number of aromatic carboxylic acids is 1. The number of aromatic nitrogens is 2. The summed E-state index contributed by atoms with van der Waals surface area (Å²) in [7, 11) is 0. The third-order valence-electron chi connectivity index (χ3n) is 2.73. The first kappa shape index (κ1) is 10.9. The topological polar surface area (TPSA) is 63.1 Å². The van der Waals surface area contributed by atoms with Crippen molar-refractivity contribution in [3.05, 3.63) is 48.0 Å². The Bertz CT molecular complexity index is 736. The van der Waals surface area contributed by atoms with Crippen molar-refractivity contribution in [3.8, 4) is 11.1 Å². The van der Waals surface area contributed by atoms with Crippen molar-refractivity contribution >= 4 is 27.7 Å². The molecule has 3 aromatic rings. The number of hydrogen-bond acceptors (Lipinski definition) is 4. The van der Waals surface area contributed by atoms with Crippen LogP contribution in [0.15, 0.2) is 42.5 Å². The second kappa shape index (κ2) is 4.19. The van der Waals surface area contributed by atoms with Gasteiger partial charge in [0.25, 0.3) is 0 Å². The highest BCUT2D eigenvalue weighted by Crippen LogP contribution is 2.30. The van der Waals surface area contributed by atoms with Crippen LogP contribution in [-0.4, -0.2) is 20.7 Å². The van der Waals surface area contributed by atoms with Crippen LogP contribution < -0.4 is 0 Å². The van der Waals surface area contributed by atoms with Crippen molar-refractivity contribution in [1.82, 2.24) is 9.59 Å².